The third-order valence-electron chi connectivity index (χ3n) is 0.814. The predicted octanol–water partition coefficient (Wildman–Crippen LogP) is -0.416. The minimum atomic E-state index is -0.285. The Balaban J connectivity index is 2.81. The van der Waals surface area contributed by atoms with Crippen molar-refractivity contribution in [3.05, 3.63) is 11.1 Å². The van der Waals surface area contributed by atoms with Crippen molar-refractivity contribution < 1.29 is 4.79 Å². The second-order valence-corrected chi connectivity index (χ2v) is 2.47. The van der Waals surface area contributed by atoms with Gasteiger partial charge >= 0.3 is 0 Å². The summed E-state index contributed by atoms with van der Waals surface area (Å²) in [4.78, 5) is 11.0. The summed E-state index contributed by atoms with van der Waals surface area (Å²) in [6.45, 7) is 0. The van der Waals surface area contributed by atoms with Gasteiger partial charge < -0.3 is 11.1 Å². The number of hydrogen-bond donors (Lipinski definition) is 3. The molecule has 9 heavy (non-hydrogen) atoms. The van der Waals surface area contributed by atoms with Crippen LogP contribution in [0.25, 0.3) is 0 Å². The molecule has 4 N–H and O–H groups in total. The molecule has 0 bridgehead atoms. The molecule has 0 spiro atoms. The number of thioether (sulfide) groups is 1. The molecule has 1 heterocycles. The Hall–Kier alpha value is -0.970. The lowest BCUT2D eigenvalue weighted by atomic mass is 10.6. The van der Waals surface area contributed by atoms with Crippen molar-refractivity contribution in [2.75, 3.05) is 0 Å². The van der Waals surface area contributed by atoms with Crippen LogP contribution >= 0.6 is 11.8 Å². The van der Waals surface area contributed by atoms with Crippen molar-refractivity contribution >= 4 is 22.8 Å². The summed E-state index contributed by atoms with van der Waals surface area (Å²) in [7, 11) is 0. The van der Waals surface area contributed by atoms with Crippen LogP contribution < -0.4 is 11.1 Å². The van der Waals surface area contributed by atoms with E-state index in [4.69, 9.17) is 11.1 Å². The summed E-state index contributed by atoms with van der Waals surface area (Å²) >= 11 is 1.03. The van der Waals surface area contributed by atoms with Crippen molar-refractivity contribution in [3.63, 3.8) is 0 Å². The maximum atomic E-state index is 10.6. The highest BCUT2D eigenvalue weighted by Crippen LogP contribution is 2.20. The summed E-state index contributed by atoms with van der Waals surface area (Å²) in [5, 5.41) is 9.36. The molecule has 5 heteroatoms. The minimum Gasteiger partial charge on any atom is -0.404 e. The van der Waals surface area contributed by atoms with Crippen LogP contribution in [0.2, 0.25) is 0 Å². The van der Waals surface area contributed by atoms with Crippen molar-refractivity contribution in [1.29, 1.82) is 5.41 Å². The second-order valence-electron chi connectivity index (χ2n) is 1.42. The lowest BCUT2D eigenvalue weighted by Gasteiger charge is -1.82. The van der Waals surface area contributed by atoms with E-state index in [1.54, 1.807) is 0 Å². The quantitative estimate of drug-likeness (QED) is 0.403. The van der Waals surface area contributed by atoms with Crippen LogP contribution in [0.15, 0.2) is 11.1 Å². The molecule has 1 aliphatic heterocycles. The SMILES string of the molecule is N=C1NC(=O)C(=CN)S1. The molecular weight excluding hydrogens is 138 g/mol. The Morgan fingerprint density at radius 2 is 2.44 bits per heavy atom. The largest absolute Gasteiger partial charge is 0.404 e. The Labute approximate surface area is 56.0 Å². The van der Waals surface area contributed by atoms with Crippen molar-refractivity contribution in [2.45, 2.75) is 0 Å². The van der Waals surface area contributed by atoms with Crippen LogP contribution in [0.3, 0.4) is 0 Å². The first-order valence-corrected chi connectivity index (χ1v) is 3.05. The third-order valence-corrected chi connectivity index (χ3v) is 1.66. The van der Waals surface area contributed by atoms with Crippen molar-refractivity contribution in [3.8, 4) is 0 Å². The fourth-order valence-corrected chi connectivity index (χ4v) is 1.03. The molecule has 1 rings (SSSR count). The number of nitrogens with one attached hydrogen (secondary N) is 2. The molecule has 1 saturated heterocycles. The van der Waals surface area contributed by atoms with E-state index in [1.807, 2.05) is 0 Å². The van der Waals surface area contributed by atoms with E-state index in [9.17, 15) is 4.79 Å². The van der Waals surface area contributed by atoms with Gasteiger partial charge in [-0.05, 0) is 11.8 Å². The number of carbonyl (C=O) groups excluding carboxylic acids is 1. The van der Waals surface area contributed by atoms with Gasteiger partial charge in [0, 0.05) is 6.20 Å². The number of rotatable bonds is 0. The van der Waals surface area contributed by atoms with Crippen LogP contribution in [-0.4, -0.2) is 11.1 Å². The van der Waals surface area contributed by atoms with Gasteiger partial charge in [0.2, 0.25) is 0 Å². The average Bonchev–Trinajstić information content (AvgIpc) is 2.10. The normalized spacial score (nSPS) is 22.9. The minimum absolute atomic E-state index is 0.136. The number of carbonyl (C=O) groups is 1. The molecule has 0 radical (unpaired) electrons. The van der Waals surface area contributed by atoms with Gasteiger partial charge in [-0.25, -0.2) is 0 Å². The number of amides is 1. The average molecular weight is 143 g/mol. The van der Waals surface area contributed by atoms with Crippen molar-refractivity contribution in [2.24, 2.45) is 5.73 Å². The van der Waals surface area contributed by atoms with Gasteiger partial charge in [0.15, 0.2) is 5.17 Å². The highest BCUT2D eigenvalue weighted by Gasteiger charge is 2.21. The van der Waals surface area contributed by atoms with Crippen LogP contribution in [-0.2, 0) is 4.79 Å². The van der Waals surface area contributed by atoms with E-state index in [0.717, 1.165) is 11.8 Å². The topological polar surface area (TPSA) is 79.0 Å². The molecule has 0 atom stereocenters. The molecule has 0 aromatic heterocycles. The van der Waals surface area contributed by atoms with E-state index in [1.165, 1.54) is 6.20 Å². The molecule has 1 amide bonds. The zero-order valence-electron chi connectivity index (χ0n) is 4.47. The number of hydrogen-bond acceptors (Lipinski definition) is 4. The van der Waals surface area contributed by atoms with Crippen molar-refractivity contribution in [1.82, 2.24) is 5.32 Å². The molecule has 0 saturated carbocycles. The van der Waals surface area contributed by atoms with Gasteiger partial charge in [-0.1, -0.05) is 0 Å². The standard InChI is InChI=1S/C4H5N3OS/c5-1-2-3(8)7-4(6)9-2/h1H,5H2,(H2,6,7,8). The molecule has 48 valence electrons. The summed E-state index contributed by atoms with van der Waals surface area (Å²) in [6.07, 6.45) is 1.20. The summed E-state index contributed by atoms with van der Waals surface area (Å²) in [6, 6.07) is 0. The zero-order valence-corrected chi connectivity index (χ0v) is 5.29. The van der Waals surface area contributed by atoms with Gasteiger partial charge in [0.05, 0.1) is 4.91 Å². The lowest BCUT2D eigenvalue weighted by molar-refractivity contribution is -0.115. The molecule has 1 aliphatic rings. The van der Waals surface area contributed by atoms with Crippen LogP contribution in [0.4, 0.5) is 0 Å². The molecule has 0 aromatic rings. The van der Waals surface area contributed by atoms with Gasteiger partial charge in [-0.3, -0.25) is 10.2 Å². The first kappa shape index (κ1) is 6.15. The second kappa shape index (κ2) is 2.10. The number of nitrogens with two attached hydrogens (primary N) is 1. The van der Waals surface area contributed by atoms with Crippen LogP contribution in [0, 0.1) is 5.41 Å². The van der Waals surface area contributed by atoms with Crippen LogP contribution in [0.5, 0.6) is 0 Å². The van der Waals surface area contributed by atoms with E-state index in [-0.39, 0.29) is 11.1 Å². The fraction of sp³-hybridized carbons (Fsp3) is 0. The fourth-order valence-electron chi connectivity index (χ4n) is 0.456. The Kier molecular flexibility index (Phi) is 1.44. The highest BCUT2D eigenvalue weighted by molar-refractivity contribution is 8.18. The predicted molar refractivity (Wildman–Crippen MR) is 35.7 cm³/mol. The van der Waals surface area contributed by atoms with E-state index >= 15 is 0 Å². The smallest absolute Gasteiger partial charge is 0.265 e. The van der Waals surface area contributed by atoms with Gasteiger partial charge in [0.1, 0.15) is 0 Å². The van der Waals surface area contributed by atoms with E-state index in [0.29, 0.717) is 4.91 Å². The Morgan fingerprint density at radius 3 is 2.67 bits per heavy atom. The third kappa shape index (κ3) is 1.05. The summed E-state index contributed by atoms with van der Waals surface area (Å²) in [5.74, 6) is -0.285. The summed E-state index contributed by atoms with van der Waals surface area (Å²) in [5.41, 5.74) is 5.05. The molecule has 1 fully saturated rings. The van der Waals surface area contributed by atoms with Gasteiger partial charge in [-0.15, -0.1) is 0 Å². The monoisotopic (exact) mass is 143 g/mol. The van der Waals surface area contributed by atoms with E-state index in [2.05, 4.69) is 5.32 Å². The first-order chi connectivity index (χ1) is 4.24. The molecule has 0 aliphatic carbocycles. The molecular formula is C4H5N3OS. The van der Waals surface area contributed by atoms with E-state index < -0.39 is 0 Å². The highest BCUT2D eigenvalue weighted by atomic mass is 32.2. The maximum Gasteiger partial charge on any atom is 0.265 e. The Bertz CT molecular complexity index is 198. The molecule has 0 unspecified atom stereocenters. The van der Waals surface area contributed by atoms with Crippen LogP contribution in [0.1, 0.15) is 0 Å². The first-order valence-electron chi connectivity index (χ1n) is 2.23. The maximum absolute atomic E-state index is 10.6. The summed E-state index contributed by atoms with van der Waals surface area (Å²) < 4.78 is 0. The number of amidine groups is 1. The van der Waals surface area contributed by atoms with Gasteiger partial charge in [0.25, 0.3) is 5.91 Å². The molecule has 0 aromatic carbocycles. The zero-order chi connectivity index (χ0) is 6.85. The molecule has 4 nitrogen and oxygen atoms in total. The Morgan fingerprint density at radius 1 is 1.78 bits per heavy atom. The van der Waals surface area contributed by atoms with Gasteiger partial charge in [-0.2, -0.15) is 0 Å². The lowest BCUT2D eigenvalue weighted by Crippen LogP contribution is -2.18.